The molecule has 1 aliphatic rings. The van der Waals surface area contributed by atoms with Gasteiger partial charge in [0.05, 0.1) is 11.8 Å². The van der Waals surface area contributed by atoms with Gasteiger partial charge in [-0.1, -0.05) is 0 Å². The fourth-order valence-corrected chi connectivity index (χ4v) is 0.246. The zero-order chi connectivity index (χ0) is 4.24. The van der Waals surface area contributed by atoms with Crippen LogP contribution in [0.3, 0.4) is 0 Å². The number of allylic oxidation sites excluding steroid dienone is 2. The molecule has 0 aromatic heterocycles. The molecule has 0 N–H and O–H groups in total. The van der Waals surface area contributed by atoms with Crippen LogP contribution in [0.2, 0.25) is 0 Å². The van der Waals surface area contributed by atoms with Crippen LogP contribution in [0.15, 0.2) is 24.2 Å². The molecule has 1 aliphatic heterocycles. The Bertz CT molecular complexity index is 120. The Hall–Kier alpha value is -1.03. The summed E-state index contributed by atoms with van der Waals surface area (Å²) in [5, 5.41) is 3.67. The van der Waals surface area contributed by atoms with Crippen LogP contribution in [-0.2, 0) is 0 Å². The summed E-state index contributed by atoms with van der Waals surface area (Å²) in [6.45, 7) is 0. The molecule has 0 aliphatic carbocycles. The van der Waals surface area contributed by atoms with Crippen LogP contribution in [0.5, 0.6) is 0 Å². The van der Waals surface area contributed by atoms with E-state index in [-0.39, 0.29) is 1.43 Å². The van der Waals surface area contributed by atoms with Gasteiger partial charge in [0.1, 0.15) is 0 Å². The van der Waals surface area contributed by atoms with E-state index in [0.29, 0.717) is 0 Å². The molecule has 0 atom stereocenters. The van der Waals surface area contributed by atoms with E-state index in [1.165, 1.54) is 0 Å². The van der Waals surface area contributed by atoms with Crippen molar-refractivity contribution in [3.05, 3.63) is 35.6 Å². The molecule has 6 heavy (non-hydrogen) atoms. The van der Waals surface area contributed by atoms with E-state index in [2.05, 4.69) is 17.1 Å². The highest BCUT2D eigenvalue weighted by molar-refractivity contribution is 5.17. The third kappa shape index (κ3) is 0.467. The van der Waals surface area contributed by atoms with Gasteiger partial charge in [0.15, 0.2) is 0 Å². The molecule has 0 unspecified atom stereocenters. The first kappa shape index (κ1) is 3.17. The first-order valence-corrected chi connectivity index (χ1v) is 1.67. The predicted octanol–water partition coefficient (Wildman–Crippen LogP) is 1.47. The maximum atomic E-state index is 3.67. The Balaban J connectivity index is 0.000000360. The topological polar surface area (TPSA) is 14.1 Å². The molecule has 0 bridgehead atoms. The van der Waals surface area contributed by atoms with Crippen molar-refractivity contribution in [1.29, 1.82) is 0 Å². The van der Waals surface area contributed by atoms with E-state index < -0.39 is 0 Å². The molecule has 0 saturated carbocycles. The summed E-state index contributed by atoms with van der Waals surface area (Å²) in [6, 6.07) is 0. The lowest BCUT2D eigenvalue weighted by Gasteiger charge is -1.93. The number of rotatable bonds is 0. The van der Waals surface area contributed by atoms with Gasteiger partial charge in [0.25, 0.3) is 0 Å². The van der Waals surface area contributed by atoms with Crippen LogP contribution in [-0.4, -0.2) is 0 Å². The van der Waals surface area contributed by atoms with E-state index in [9.17, 15) is 0 Å². The van der Waals surface area contributed by atoms with E-state index in [4.69, 9.17) is 0 Å². The van der Waals surface area contributed by atoms with Gasteiger partial charge in [-0.05, 0) is 12.4 Å². The number of hydrogen-bond acceptors (Lipinski definition) is 0. The standard InChI is InChI=1S/C5H3N/c1-2-4-6-5-3-1/h1,4-5H/p+1. The maximum Gasteiger partial charge on any atom is 1.00 e. The van der Waals surface area contributed by atoms with Crippen LogP contribution in [0.25, 0.3) is 5.32 Å². The van der Waals surface area contributed by atoms with Crippen molar-refractivity contribution in [3.63, 3.8) is 0 Å². The molecule has 0 amide bonds. The van der Waals surface area contributed by atoms with Gasteiger partial charge in [-0.25, -0.2) is 0 Å². The second kappa shape index (κ2) is 1.42. The molecule has 1 rings (SSSR count). The SMILES string of the molecule is C1=C[C+]=C[N-]C=1.[H+]. The minimum Gasteiger partial charge on any atom is -0.619 e. The fourth-order valence-electron chi connectivity index (χ4n) is 0.246. The van der Waals surface area contributed by atoms with Crippen LogP contribution >= 0.6 is 0 Å². The number of hydrogen-bond donors (Lipinski definition) is 0. The van der Waals surface area contributed by atoms with Gasteiger partial charge < -0.3 is 5.32 Å². The molecular formula is C5H4N+. The van der Waals surface area contributed by atoms with Gasteiger partial charge in [-0.15, -0.1) is 0 Å². The third-order valence-electron chi connectivity index (χ3n) is 0.465. The third-order valence-corrected chi connectivity index (χ3v) is 0.465. The van der Waals surface area contributed by atoms with Crippen LogP contribution < -0.4 is 0 Å². The number of nitrogens with zero attached hydrogens (tertiary/aromatic N) is 1. The Morgan fingerprint density at radius 1 is 1.83 bits per heavy atom. The monoisotopic (exact) mass is 78.0 g/mol. The van der Waals surface area contributed by atoms with Gasteiger partial charge in [-0.3, -0.25) is 0 Å². The van der Waals surface area contributed by atoms with Crippen molar-refractivity contribution in [2.24, 2.45) is 0 Å². The second-order valence-corrected chi connectivity index (χ2v) is 0.885. The minimum absolute atomic E-state index is 0. The summed E-state index contributed by atoms with van der Waals surface area (Å²) in [6.07, 6.45) is 7.60. The molecular weight excluding hydrogens is 74.1 g/mol. The average molecular weight is 78.1 g/mol. The Morgan fingerprint density at radius 2 is 2.83 bits per heavy atom. The highest BCUT2D eigenvalue weighted by atomic mass is 14.8. The predicted molar refractivity (Wildman–Crippen MR) is 24.9 cm³/mol. The zero-order valence-electron chi connectivity index (χ0n) is 4.18. The van der Waals surface area contributed by atoms with Crippen LogP contribution in [0.4, 0.5) is 0 Å². The molecule has 0 spiro atoms. The highest BCUT2D eigenvalue weighted by Crippen LogP contribution is 1.91. The molecule has 1 nitrogen and oxygen atoms in total. The quantitative estimate of drug-likeness (QED) is 0.307. The summed E-state index contributed by atoms with van der Waals surface area (Å²) in [5.74, 6) is 0. The largest absolute Gasteiger partial charge is 1.00 e. The Kier molecular flexibility index (Phi) is 0.749. The Morgan fingerprint density at radius 3 is 3.00 bits per heavy atom. The van der Waals surface area contributed by atoms with Crippen molar-refractivity contribution in [3.8, 4) is 0 Å². The van der Waals surface area contributed by atoms with Gasteiger partial charge in [0, 0.05) is 0 Å². The maximum absolute atomic E-state index is 3.67. The first-order valence-electron chi connectivity index (χ1n) is 1.67. The second-order valence-electron chi connectivity index (χ2n) is 0.885. The molecule has 1 heteroatoms. The summed E-state index contributed by atoms with van der Waals surface area (Å²) in [4.78, 5) is 0. The van der Waals surface area contributed by atoms with E-state index in [1.54, 1.807) is 18.5 Å². The zero-order valence-corrected chi connectivity index (χ0v) is 3.18. The summed E-state index contributed by atoms with van der Waals surface area (Å²) >= 11 is 0. The molecule has 1 heterocycles. The highest BCUT2D eigenvalue weighted by Gasteiger charge is 1.69. The van der Waals surface area contributed by atoms with Gasteiger partial charge >= 0.3 is 1.43 Å². The molecule has 0 aromatic rings. The average Bonchev–Trinajstić information content (AvgIpc) is 1.72. The summed E-state index contributed by atoms with van der Waals surface area (Å²) in [7, 11) is 0. The van der Waals surface area contributed by atoms with Crippen molar-refractivity contribution in [2.45, 2.75) is 0 Å². The summed E-state index contributed by atoms with van der Waals surface area (Å²) in [5.41, 5.74) is 2.73. The molecule has 0 fully saturated rings. The first-order chi connectivity index (χ1) is 3.00. The Labute approximate surface area is 38.2 Å². The fraction of sp³-hybridized carbons (Fsp3) is 0. The van der Waals surface area contributed by atoms with Crippen LogP contribution in [0, 0.1) is 6.08 Å². The van der Waals surface area contributed by atoms with Gasteiger partial charge in [0.2, 0.25) is 6.08 Å². The van der Waals surface area contributed by atoms with Crippen molar-refractivity contribution in [1.82, 2.24) is 0 Å². The van der Waals surface area contributed by atoms with Crippen molar-refractivity contribution >= 4 is 0 Å². The van der Waals surface area contributed by atoms with E-state index >= 15 is 0 Å². The smallest absolute Gasteiger partial charge is 0.619 e. The molecule has 0 saturated heterocycles. The van der Waals surface area contributed by atoms with Crippen molar-refractivity contribution < 1.29 is 1.43 Å². The summed E-state index contributed by atoms with van der Waals surface area (Å²) < 4.78 is 0. The van der Waals surface area contributed by atoms with E-state index in [1.807, 2.05) is 0 Å². The lowest BCUT2D eigenvalue weighted by molar-refractivity contribution is 1.70. The lowest BCUT2D eigenvalue weighted by atomic mass is 10.5. The molecule has 0 aromatic carbocycles. The van der Waals surface area contributed by atoms with Crippen molar-refractivity contribution in [2.75, 3.05) is 0 Å². The normalized spacial score (nSPS) is 13.3. The van der Waals surface area contributed by atoms with E-state index in [0.717, 1.165) is 0 Å². The lowest BCUT2D eigenvalue weighted by Crippen LogP contribution is -1.55. The van der Waals surface area contributed by atoms with Gasteiger partial charge in [-0.2, -0.15) is 0 Å². The minimum atomic E-state index is 0. The molecule has 28 valence electrons. The molecule has 0 radical (unpaired) electrons. The van der Waals surface area contributed by atoms with Crippen LogP contribution in [0.1, 0.15) is 1.43 Å².